The number of benzene rings is 1. The van der Waals surface area contributed by atoms with Crippen LogP contribution in [0.2, 0.25) is 0 Å². The molecule has 3 fully saturated rings. The number of ether oxygens (including phenoxy) is 3. The zero-order chi connectivity index (χ0) is 24.4. The predicted molar refractivity (Wildman–Crippen MR) is 122 cm³/mol. The van der Waals surface area contributed by atoms with Crippen molar-refractivity contribution in [2.24, 2.45) is 11.3 Å². The molecule has 1 aromatic heterocycles. The van der Waals surface area contributed by atoms with Gasteiger partial charge in [-0.05, 0) is 77.5 Å². The molecule has 1 aromatic carbocycles. The van der Waals surface area contributed by atoms with Crippen LogP contribution in [0.25, 0.3) is 0 Å². The Balaban J connectivity index is 1.56. The molecule has 2 aromatic rings. The molecule has 3 aliphatic rings. The molecular formula is C27H32O7. The van der Waals surface area contributed by atoms with E-state index in [1.807, 2.05) is 26.8 Å². The summed E-state index contributed by atoms with van der Waals surface area (Å²) in [5.41, 5.74) is -2.97. The lowest BCUT2D eigenvalue weighted by molar-refractivity contribution is -0.302. The van der Waals surface area contributed by atoms with Crippen LogP contribution >= 0.6 is 0 Å². The molecule has 34 heavy (non-hydrogen) atoms. The Bertz CT molecular complexity index is 1070. The van der Waals surface area contributed by atoms with E-state index < -0.39 is 46.4 Å². The van der Waals surface area contributed by atoms with Crippen molar-refractivity contribution in [3.05, 3.63) is 60.1 Å². The molecular weight excluding hydrogens is 436 g/mol. The first-order valence-corrected chi connectivity index (χ1v) is 11.9. The fraction of sp³-hybridized carbons (Fsp3) is 0.556. The maximum Gasteiger partial charge on any atom is 0.341 e. The molecule has 2 saturated carbocycles. The highest BCUT2D eigenvalue weighted by Gasteiger charge is 2.77. The molecule has 1 saturated heterocycles. The van der Waals surface area contributed by atoms with Crippen molar-refractivity contribution in [2.75, 3.05) is 0 Å². The third-order valence-electron chi connectivity index (χ3n) is 8.69. The van der Waals surface area contributed by atoms with Gasteiger partial charge in [-0.25, -0.2) is 9.59 Å². The van der Waals surface area contributed by atoms with Gasteiger partial charge in [-0.1, -0.05) is 18.2 Å². The number of hydrogen-bond acceptors (Lipinski definition) is 7. The molecule has 0 radical (unpaired) electrons. The SMILES string of the molecule is CC1(C)O[C@]23C[C@H]1C[C@H](OC(=O)c1ccccc1)[C@]2(C)[C@@H](OC(=O)c1ccoc1)CC[C@]3(C)O. The van der Waals surface area contributed by atoms with Gasteiger partial charge >= 0.3 is 11.9 Å². The summed E-state index contributed by atoms with van der Waals surface area (Å²) in [5.74, 6) is -0.876. The van der Waals surface area contributed by atoms with Gasteiger partial charge < -0.3 is 23.7 Å². The van der Waals surface area contributed by atoms with Crippen LogP contribution in [0.3, 0.4) is 0 Å². The summed E-state index contributed by atoms with van der Waals surface area (Å²) in [6.07, 6.45) is 3.49. The predicted octanol–water partition coefficient (Wildman–Crippen LogP) is 4.54. The van der Waals surface area contributed by atoms with Crippen LogP contribution in [0.15, 0.2) is 53.3 Å². The van der Waals surface area contributed by atoms with E-state index in [2.05, 4.69) is 0 Å². The number of carbonyl (C=O) groups is 2. The zero-order valence-corrected chi connectivity index (χ0v) is 20.1. The third kappa shape index (κ3) is 3.24. The van der Waals surface area contributed by atoms with Crippen LogP contribution in [-0.2, 0) is 14.2 Å². The quantitative estimate of drug-likeness (QED) is 0.658. The van der Waals surface area contributed by atoms with Crippen molar-refractivity contribution < 1.29 is 33.3 Å². The van der Waals surface area contributed by atoms with Crippen LogP contribution in [0, 0.1) is 11.3 Å². The Kier molecular flexibility index (Phi) is 5.22. The average molecular weight is 469 g/mol. The number of fused-ring (bicyclic) bond motifs is 1. The van der Waals surface area contributed by atoms with E-state index in [1.54, 1.807) is 37.3 Å². The topological polar surface area (TPSA) is 95.2 Å². The van der Waals surface area contributed by atoms with Crippen molar-refractivity contribution in [1.82, 2.24) is 0 Å². The zero-order valence-electron chi connectivity index (χ0n) is 20.1. The number of carbonyl (C=O) groups excluding carboxylic acids is 2. The minimum atomic E-state index is -1.19. The highest BCUT2D eigenvalue weighted by molar-refractivity contribution is 5.90. The molecule has 1 aliphatic heterocycles. The minimum Gasteiger partial charge on any atom is -0.472 e. The van der Waals surface area contributed by atoms with Crippen LogP contribution in [0.1, 0.15) is 74.1 Å². The summed E-state index contributed by atoms with van der Waals surface area (Å²) in [7, 11) is 0. The van der Waals surface area contributed by atoms with Gasteiger partial charge in [-0.2, -0.15) is 0 Å². The standard InChI is InChI=1S/C27H32O7/c1-24(2)19-14-21(33-22(28)17-8-6-5-7-9-17)26(4)20(32-23(29)18-11-13-31-16-18)10-12-25(3,30)27(26,15-19)34-24/h5-9,11,13,16,19-21,30H,10,12,14-15H2,1-4H3/t19-,20+,21+,25+,26+,27+/m1/s1. The van der Waals surface area contributed by atoms with E-state index in [0.717, 1.165) is 0 Å². The molecule has 1 spiro atoms. The highest BCUT2D eigenvalue weighted by Crippen LogP contribution is 2.67. The number of furan rings is 1. The largest absolute Gasteiger partial charge is 0.472 e. The Morgan fingerprint density at radius 2 is 1.65 bits per heavy atom. The molecule has 0 unspecified atom stereocenters. The molecule has 182 valence electrons. The van der Waals surface area contributed by atoms with Gasteiger partial charge in [0.2, 0.25) is 0 Å². The van der Waals surface area contributed by atoms with Crippen molar-refractivity contribution in [3.63, 3.8) is 0 Å². The van der Waals surface area contributed by atoms with Crippen molar-refractivity contribution in [1.29, 1.82) is 0 Å². The molecule has 5 rings (SSSR count). The molecule has 7 heteroatoms. The molecule has 0 amide bonds. The summed E-state index contributed by atoms with van der Waals surface area (Å²) >= 11 is 0. The summed E-state index contributed by atoms with van der Waals surface area (Å²) in [6, 6.07) is 10.4. The van der Waals surface area contributed by atoms with Crippen molar-refractivity contribution in [2.45, 2.75) is 82.4 Å². The monoisotopic (exact) mass is 468 g/mol. The second-order valence-corrected chi connectivity index (χ2v) is 10.9. The lowest BCUT2D eigenvalue weighted by Gasteiger charge is -2.62. The molecule has 2 bridgehead atoms. The van der Waals surface area contributed by atoms with Gasteiger partial charge in [-0.15, -0.1) is 0 Å². The van der Waals surface area contributed by atoms with Gasteiger partial charge in [0.15, 0.2) is 0 Å². The number of esters is 2. The number of hydrogen-bond donors (Lipinski definition) is 1. The Labute approximate surface area is 199 Å². The summed E-state index contributed by atoms with van der Waals surface area (Å²) in [5, 5.41) is 11.7. The molecule has 6 atom stereocenters. The van der Waals surface area contributed by atoms with Crippen LogP contribution in [-0.4, -0.2) is 46.1 Å². The van der Waals surface area contributed by atoms with E-state index in [9.17, 15) is 14.7 Å². The first-order valence-electron chi connectivity index (χ1n) is 11.9. The van der Waals surface area contributed by atoms with Crippen LogP contribution < -0.4 is 0 Å². The summed E-state index contributed by atoms with van der Waals surface area (Å²) < 4.78 is 24.0. The van der Waals surface area contributed by atoms with Gasteiger partial charge in [0.1, 0.15) is 24.1 Å². The Morgan fingerprint density at radius 3 is 2.32 bits per heavy atom. The maximum atomic E-state index is 13.2. The van der Waals surface area contributed by atoms with Gasteiger partial charge in [0, 0.05) is 0 Å². The maximum absolute atomic E-state index is 13.2. The van der Waals surface area contributed by atoms with E-state index >= 15 is 0 Å². The molecule has 2 heterocycles. The van der Waals surface area contributed by atoms with Crippen LogP contribution in [0.4, 0.5) is 0 Å². The average Bonchev–Trinajstić information content (AvgIpc) is 3.41. The number of rotatable bonds is 4. The normalized spacial score (nSPS) is 38.1. The lowest BCUT2D eigenvalue weighted by atomic mass is 9.49. The summed E-state index contributed by atoms with van der Waals surface area (Å²) in [6.45, 7) is 7.77. The van der Waals surface area contributed by atoms with Gasteiger partial charge in [0.05, 0.1) is 34.0 Å². The Hall–Kier alpha value is -2.64. The lowest BCUT2D eigenvalue weighted by Crippen LogP contribution is -2.74. The number of aliphatic hydroxyl groups is 1. The second kappa shape index (κ2) is 7.68. The highest BCUT2D eigenvalue weighted by atomic mass is 16.6. The second-order valence-electron chi connectivity index (χ2n) is 10.9. The Morgan fingerprint density at radius 1 is 0.971 bits per heavy atom. The van der Waals surface area contributed by atoms with E-state index in [0.29, 0.717) is 36.8 Å². The molecule has 7 nitrogen and oxygen atoms in total. The van der Waals surface area contributed by atoms with E-state index in [1.165, 1.54) is 12.5 Å². The van der Waals surface area contributed by atoms with E-state index in [4.69, 9.17) is 18.6 Å². The first-order chi connectivity index (χ1) is 16.0. The molecule has 1 N–H and O–H groups in total. The fourth-order valence-corrected chi connectivity index (χ4v) is 6.62. The minimum absolute atomic E-state index is 0.0731. The summed E-state index contributed by atoms with van der Waals surface area (Å²) in [4.78, 5) is 26.1. The van der Waals surface area contributed by atoms with Crippen molar-refractivity contribution >= 4 is 11.9 Å². The fourth-order valence-electron chi connectivity index (χ4n) is 6.62. The smallest absolute Gasteiger partial charge is 0.341 e. The van der Waals surface area contributed by atoms with Gasteiger partial charge in [0.25, 0.3) is 0 Å². The molecule has 2 aliphatic carbocycles. The van der Waals surface area contributed by atoms with Crippen LogP contribution in [0.5, 0.6) is 0 Å². The van der Waals surface area contributed by atoms with Crippen molar-refractivity contribution in [3.8, 4) is 0 Å². The van der Waals surface area contributed by atoms with Gasteiger partial charge in [-0.3, -0.25) is 0 Å². The third-order valence-corrected chi connectivity index (χ3v) is 8.69. The van der Waals surface area contributed by atoms with E-state index in [-0.39, 0.29) is 5.92 Å². The first kappa shape index (κ1) is 23.1.